The van der Waals surface area contributed by atoms with Crippen LogP contribution in [-0.4, -0.2) is 17.5 Å². The number of aromatic nitrogens is 1. The van der Waals surface area contributed by atoms with Gasteiger partial charge >= 0.3 is 0 Å². The highest BCUT2D eigenvalue weighted by molar-refractivity contribution is 14.0. The van der Waals surface area contributed by atoms with E-state index in [4.69, 9.17) is 5.73 Å². The second kappa shape index (κ2) is 7.93. The van der Waals surface area contributed by atoms with Gasteiger partial charge in [-0.05, 0) is 25.2 Å². The Kier molecular flexibility index (Phi) is 6.91. The molecule has 0 amide bonds. The first-order chi connectivity index (χ1) is 8.28. The summed E-state index contributed by atoms with van der Waals surface area (Å²) in [5, 5.41) is 4.22. The van der Waals surface area contributed by atoms with E-state index in [1.54, 1.807) is 11.3 Å². The number of thiazole rings is 1. The summed E-state index contributed by atoms with van der Waals surface area (Å²) in [5.41, 5.74) is 5.80. The molecule has 1 heterocycles. The molecule has 1 aliphatic carbocycles. The first-order valence-corrected chi connectivity index (χ1v) is 7.07. The zero-order valence-electron chi connectivity index (χ0n) is 10.7. The lowest BCUT2D eigenvalue weighted by atomic mass is 9.85. The lowest BCUT2D eigenvalue weighted by Gasteiger charge is -2.25. The lowest BCUT2D eigenvalue weighted by molar-refractivity contribution is 0.315. The minimum atomic E-state index is 0. The summed E-state index contributed by atoms with van der Waals surface area (Å²) in [4.78, 5) is 9.92. The van der Waals surface area contributed by atoms with Crippen LogP contribution in [0.2, 0.25) is 0 Å². The number of aliphatic imine (C=N–C) groups is 1. The molecule has 0 aromatic carbocycles. The van der Waals surface area contributed by atoms with Crippen molar-refractivity contribution in [3.05, 3.63) is 16.1 Å². The van der Waals surface area contributed by atoms with Crippen LogP contribution in [0, 0.1) is 5.92 Å². The number of nitrogens with two attached hydrogens (primary N) is 1. The third kappa shape index (κ3) is 4.72. The number of hydrogen-bond acceptors (Lipinski definition) is 3. The number of guanidine groups is 1. The topological polar surface area (TPSA) is 63.3 Å². The molecule has 0 aliphatic heterocycles. The zero-order valence-corrected chi connectivity index (χ0v) is 13.8. The number of nitrogens with zero attached hydrogens (tertiary/aromatic N) is 2. The zero-order chi connectivity index (χ0) is 12.1. The van der Waals surface area contributed by atoms with E-state index in [0.717, 1.165) is 23.9 Å². The second-order valence-electron chi connectivity index (χ2n) is 4.45. The molecule has 0 unspecified atom stereocenters. The van der Waals surface area contributed by atoms with Gasteiger partial charge in [0.15, 0.2) is 5.96 Å². The molecule has 0 saturated heterocycles. The van der Waals surface area contributed by atoms with Gasteiger partial charge in [-0.3, -0.25) is 0 Å². The number of aryl methyl sites for hydroxylation is 1. The first-order valence-electron chi connectivity index (χ1n) is 6.25. The van der Waals surface area contributed by atoms with Crippen LogP contribution in [-0.2, 0) is 13.0 Å². The number of nitrogens with one attached hydrogen (secondary N) is 1. The highest BCUT2D eigenvalue weighted by Crippen LogP contribution is 2.24. The van der Waals surface area contributed by atoms with Crippen molar-refractivity contribution in [3.8, 4) is 0 Å². The van der Waals surface area contributed by atoms with Gasteiger partial charge in [0.2, 0.25) is 0 Å². The number of rotatable bonds is 5. The molecule has 1 aromatic rings. The minimum Gasteiger partial charge on any atom is -0.370 e. The maximum absolute atomic E-state index is 5.80. The highest BCUT2D eigenvalue weighted by atomic mass is 127. The third-order valence-electron chi connectivity index (χ3n) is 3.13. The van der Waals surface area contributed by atoms with E-state index in [1.165, 1.54) is 24.1 Å². The van der Waals surface area contributed by atoms with Gasteiger partial charge in [0.1, 0.15) is 5.01 Å². The van der Waals surface area contributed by atoms with Crippen molar-refractivity contribution in [2.45, 2.75) is 39.2 Å². The van der Waals surface area contributed by atoms with Crippen LogP contribution in [0.4, 0.5) is 0 Å². The lowest BCUT2D eigenvalue weighted by Crippen LogP contribution is -2.37. The summed E-state index contributed by atoms with van der Waals surface area (Å²) in [7, 11) is 0. The fourth-order valence-electron chi connectivity index (χ4n) is 1.74. The van der Waals surface area contributed by atoms with Crippen LogP contribution in [0.15, 0.2) is 11.2 Å². The molecule has 3 N–H and O–H groups in total. The largest absolute Gasteiger partial charge is 0.370 e. The molecule has 1 fully saturated rings. The van der Waals surface area contributed by atoms with Gasteiger partial charge in [-0.1, -0.05) is 13.3 Å². The van der Waals surface area contributed by atoms with Crippen LogP contribution < -0.4 is 11.1 Å². The molecule has 2 rings (SSSR count). The highest BCUT2D eigenvalue weighted by Gasteiger charge is 2.16. The van der Waals surface area contributed by atoms with Gasteiger partial charge in [-0.2, -0.15) is 0 Å². The Bertz CT molecular complexity index is 387. The molecular formula is C12H21IN4S. The summed E-state index contributed by atoms with van der Waals surface area (Å²) in [6.07, 6.45) is 6.98. The monoisotopic (exact) mass is 380 g/mol. The predicted molar refractivity (Wildman–Crippen MR) is 87.6 cm³/mol. The van der Waals surface area contributed by atoms with Gasteiger partial charge in [0.05, 0.1) is 6.54 Å². The number of halogens is 1. The first kappa shape index (κ1) is 15.7. The standard InChI is InChI=1S/C12H20N4S.HI/c1-2-10-7-14-11(17-10)8-16-12(13)15-6-9-4-3-5-9;/h7,9H,2-6,8H2,1H3,(H3,13,15,16);1H. The molecule has 6 heteroatoms. The van der Waals surface area contributed by atoms with Crippen molar-refractivity contribution >= 4 is 41.3 Å². The van der Waals surface area contributed by atoms with Crippen molar-refractivity contribution in [3.63, 3.8) is 0 Å². The van der Waals surface area contributed by atoms with E-state index in [2.05, 4.69) is 22.2 Å². The summed E-state index contributed by atoms with van der Waals surface area (Å²) in [6.45, 7) is 3.69. The molecule has 18 heavy (non-hydrogen) atoms. The van der Waals surface area contributed by atoms with Crippen LogP contribution >= 0.6 is 35.3 Å². The predicted octanol–water partition coefficient (Wildman–Crippen LogP) is 2.53. The van der Waals surface area contributed by atoms with E-state index in [9.17, 15) is 0 Å². The van der Waals surface area contributed by atoms with Crippen molar-refractivity contribution in [2.24, 2.45) is 16.6 Å². The summed E-state index contributed by atoms with van der Waals surface area (Å²) in [5.74, 6) is 1.35. The van der Waals surface area contributed by atoms with E-state index in [1.807, 2.05) is 6.20 Å². The van der Waals surface area contributed by atoms with Crippen LogP contribution in [0.3, 0.4) is 0 Å². The van der Waals surface area contributed by atoms with E-state index in [0.29, 0.717) is 12.5 Å². The van der Waals surface area contributed by atoms with Crippen LogP contribution in [0.1, 0.15) is 36.1 Å². The molecule has 4 nitrogen and oxygen atoms in total. The molecule has 1 aliphatic rings. The van der Waals surface area contributed by atoms with Crippen molar-refractivity contribution in [1.29, 1.82) is 0 Å². The van der Waals surface area contributed by atoms with Gasteiger partial charge in [-0.25, -0.2) is 9.98 Å². The van der Waals surface area contributed by atoms with Crippen molar-refractivity contribution in [1.82, 2.24) is 10.3 Å². The van der Waals surface area contributed by atoms with E-state index in [-0.39, 0.29) is 24.0 Å². The molecule has 1 aromatic heterocycles. The minimum absolute atomic E-state index is 0. The maximum Gasteiger partial charge on any atom is 0.189 e. The Morgan fingerprint density at radius 3 is 2.94 bits per heavy atom. The van der Waals surface area contributed by atoms with E-state index < -0.39 is 0 Å². The molecule has 0 bridgehead atoms. The molecule has 102 valence electrons. The Morgan fingerprint density at radius 2 is 2.39 bits per heavy atom. The van der Waals surface area contributed by atoms with Crippen molar-refractivity contribution < 1.29 is 0 Å². The number of hydrogen-bond donors (Lipinski definition) is 2. The van der Waals surface area contributed by atoms with Gasteiger partial charge < -0.3 is 11.1 Å². The van der Waals surface area contributed by atoms with Gasteiger partial charge in [0.25, 0.3) is 0 Å². The fraction of sp³-hybridized carbons (Fsp3) is 0.667. The van der Waals surface area contributed by atoms with Crippen LogP contribution in [0.25, 0.3) is 0 Å². The Balaban J connectivity index is 0.00000162. The summed E-state index contributed by atoms with van der Waals surface area (Å²) in [6, 6.07) is 0. The average molecular weight is 380 g/mol. The average Bonchev–Trinajstić information content (AvgIpc) is 2.72. The molecular weight excluding hydrogens is 359 g/mol. The summed E-state index contributed by atoms with van der Waals surface area (Å²) < 4.78 is 0. The van der Waals surface area contributed by atoms with E-state index >= 15 is 0 Å². The normalized spacial score (nSPS) is 15.9. The van der Waals surface area contributed by atoms with Crippen molar-refractivity contribution in [2.75, 3.05) is 6.54 Å². The quantitative estimate of drug-likeness (QED) is 0.469. The molecule has 0 spiro atoms. The molecule has 0 atom stereocenters. The van der Waals surface area contributed by atoms with Gasteiger partial charge in [-0.15, -0.1) is 35.3 Å². The smallest absolute Gasteiger partial charge is 0.189 e. The van der Waals surface area contributed by atoms with Gasteiger partial charge in [0, 0.05) is 17.6 Å². The third-order valence-corrected chi connectivity index (χ3v) is 4.26. The Labute approximate surface area is 129 Å². The molecule has 0 radical (unpaired) electrons. The SMILES string of the molecule is CCc1cnc(CN=C(N)NCC2CCC2)s1.I. The molecule has 1 saturated carbocycles. The maximum atomic E-state index is 5.80. The van der Waals surface area contributed by atoms with Crippen LogP contribution in [0.5, 0.6) is 0 Å². The fourth-order valence-corrected chi connectivity index (χ4v) is 2.53. The Hall–Kier alpha value is -0.370. The second-order valence-corrected chi connectivity index (χ2v) is 5.65. The summed E-state index contributed by atoms with van der Waals surface area (Å²) >= 11 is 1.71. The Morgan fingerprint density at radius 1 is 1.61 bits per heavy atom.